The van der Waals surface area contributed by atoms with Crippen LogP contribution in [0.5, 0.6) is 5.75 Å². The van der Waals surface area contributed by atoms with Gasteiger partial charge < -0.3 is 20.6 Å². The number of phenolic OH excluding ortho intramolecular Hbond substituents is 1. The highest BCUT2D eigenvalue weighted by atomic mass is 16.3. The van der Waals surface area contributed by atoms with E-state index in [0.29, 0.717) is 29.2 Å². The molecule has 0 amide bonds. The van der Waals surface area contributed by atoms with Crippen molar-refractivity contribution in [2.45, 2.75) is 50.6 Å². The SMILES string of the molecule is Nc1nnc(-c2ccccc2O)cc1N1CC2CCC(C1)N2c1ccnc(C=CCN2CCCCCC2)c1. The molecule has 3 aliphatic rings. The fraction of sp³-hybridized carbons (Fsp3) is 0.433. The van der Waals surface area contributed by atoms with Gasteiger partial charge in [0.05, 0.1) is 17.1 Å². The van der Waals surface area contributed by atoms with Gasteiger partial charge in [0, 0.05) is 49.2 Å². The molecule has 2 atom stereocenters. The van der Waals surface area contributed by atoms with Gasteiger partial charge in [0.15, 0.2) is 5.82 Å². The van der Waals surface area contributed by atoms with E-state index in [9.17, 15) is 5.11 Å². The number of para-hydroxylation sites is 1. The molecule has 3 aliphatic heterocycles. The molecule has 3 N–H and O–H groups in total. The predicted octanol–water partition coefficient (Wildman–Crippen LogP) is 4.57. The molecule has 6 rings (SSSR count). The van der Waals surface area contributed by atoms with Crippen LogP contribution in [-0.4, -0.2) is 70.0 Å². The number of hydrogen-bond donors (Lipinski definition) is 2. The van der Waals surface area contributed by atoms with E-state index >= 15 is 0 Å². The highest BCUT2D eigenvalue weighted by molar-refractivity contribution is 5.74. The Morgan fingerprint density at radius 2 is 1.71 bits per heavy atom. The number of likely N-dealkylation sites (tertiary alicyclic amines) is 1. The molecular weight excluding hydrogens is 474 g/mol. The molecule has 3 aromatic rings. The van der Waals surface area contributed by atoms with E-state index in [4.69, 9.17) is 5.73 Å². The van der Waals surface area contributed by atoms with Crippen LogP contribution in [0.25, 0.3) is 17.3 Å². The standard InChI is InChI=1S/C30H37N7O/c31-30-28(19-27(33-34-30)26-9-3-4-10-29(26)38)36-20-24-11-12-25(21-36)37(24)23-13-14-32-22(18-23)8-7-17-35-15-5-1-2-6-16-35/h3-4,7-10,13-14,18-19,24-25,38H,1-2,5-6,11-12,15-17,20-21H2,(H2,31,34). The summed E-state index contributed by atoms with van der Waals surface area (Å²) < 4.78 is 0. The highest BCUT2D eigenvalue weighted by Gasteiger charge is 2.40. The number of aromatic hydroxyl groups is 1. The van der Waals surface area contributed by atoms with Crippen molar-refractivity contribution in [1.82, 2.24) is 20.1 Å². The molecule has 0 spiro atoms. The molecule has 2 aromatic heterocycles. The first-order valence-electron chi connectivity index (χ1n) is 14.0. The highest BCUT2D eigenvalue weighted by Crippen LogP contribution is 2.39. The first-order chi connectivity index (χ1) is 18.7. The summed E-state index contributed by atoms with van der Waals surface area (Å²) in [4.78, 5) is 12.1. The minimum atomic E-state index is 0.191. The monoisotopic (exact) mass is 511 g/mol. The fourth-order valence-electron chi connectivity index (χ4n) is 6.32. The van der Waals surface area contributed by atoms with E-state index in [-0.39, 0.29) is 5.75 Å². The lowest BCUT2D eigenvalue weighted by Crippen LogP contribution is -2.54. The van der Waals surface area contributed by atoms with Gasteiger partial charge in [-0.15, -0.1) is 10.2 Å². The zero-order valence-electron chi connectivity index (χ0n) is 21.9. The number of nitrogen functional groups attached to an aromatic ring is 1. The van der Waals surface area contributed by atoms with Crippen LogP contribution in [0.3, 0.4) is 0 Å². The Morgan fingerprint density at radius 3 is 2.47 bits per heavy atom. The smallest absolute Gasteiger partial charge is 0.169 e. The summed E-state index contributed by atoms with van der Waals surface area (Å²) in [7, 11) is 0. The van der Waals surface area contributed by atoms with Crippen LogP contribution in [0.1, 0.15) is 44.2 Å². The summed E-state index contributed by atoms with van der Waals surface area (Å²) in [5.41, 5.74) is 10.8. The number of rotatable bonds is 6. The van der Waals surface area contributed by atoms with Crippen molar-refractivity contribution in [1.29, 1.82) is 0 Å². The number of aromatic nitrogens is 3. The van der Waals surface area contributed by atoms with Crippen LogP contribution in [-0.2, 0) is 0 Å². The summed E-state index contributed by atoms with van der Waals surface area (Å²) in [5.74, 6) is 0.620. The summed E-state index contributed by atoms with van der Waals surface area (Å²) in [5, 5.41) is 18.8. The quantitative estimate of drug-likeness (QED) is 0.497. The van der Waals surface area contributed by atoms with Crippen LogP contribution in [0, 0.1) is 0 Å². The van der Waals surface area contributed by atoms with Crippen LogP contribution in [0.2, 0.25) is 0 Å². The van der Waals surface area contributed by atoms with Crippen molar-refractivity contribution in [2.24, 2.45) is 0 Å². The number of pyridine rings is 1. The van der Waals surface area contributed by atoms with E-state index in [1.807, 2.05) is 24.4 Å². The number of fused-ring (bicyclic) bond motifs is 2. The molecule has 8 heteroatoms. The first kappa shape index (κ1) is 24.7. The van der Waals surface area contributed by atoms with E-state index < -0.39 is 0 Å². The second-order valence-electron chi connectivity index (χ2n) is 10.8. The maximum Gasteiger partial charge on any atom is 0.169 e. The maximum absolute atomic E-state index is 10.3. The van der Waals surface area contributed by atoms with E-state index in [2.05, 4.69) is 54.2 Å². The number of anilines is 3. The second-order valence-corrected chi connectivity index (χ2v) is 10.8. The average molecular weight is 512 g/mol. The number of nitrogens with two attached hydrogens (primary N) is 1. The zero-order valence-corrected chi connectivity index (χ0v) is 21.9. The third-order valence-corrected chi connectivity index (χ3v) is 8.22. The Kier molecular flexibility index (Phi) is 7.14. The maximum atomic E-state index is 10.3. The molecule has 5 heterocycles. The fourth-order valence-corrected chi connectivity index (χ4v) is 6.32. The van der Waals surface area contributed by atoms with E-state index in [0.717, 1.165) is 43.9 Å². The molecule has 3 saturated heterocycles. The van der Waals surface area contributed by atoms with Crippen molar-refractivity contribution in [3.63, 3.8) is 0 Å². The molecule has 0 aliphatic carbocycles. The molecular formula is C30H37N7O. The Hall–Kier alpha value is -3.65. The van der Waals surface area contributed by atoms with Crippen molar-refractivity contribution in [3.05, 3.63) is 60.4 Å². The van der Waals surface area contributed by atoms with Gasteiger partial charge in [0.1, 0.15) is 5.75 Å². The second kappa shape index (κ2) is 11.0. The van der Waals surface area contributed by atoms with Gasteiger partial charge in [0.2, 0.25) is 0 Å². The van der Waals surface area contributed by atoms with Crippen LogP contribution >= 0.6 is 0 Å². The molecule has 8 nitrogen and oxygen atoms in total. The van der Waals surface area contributed by atoms with Crippen LogP contribution in [0.4, 0.5) is 17.2 Å². The summed E-state index contributed by atoms with van der Waals surface area (Å²) in [6, 6.07) is 14.3. The molecule has 198 valence electrons. The first-order valence-corrected chi connectivity index (χ1v) is 14.0. The molecule has 2 unspecified atom stereocenters. The summed E-state index contributed by atoms with van der Waals surface area (Å²) in [6.45, 7) is 5.15. The minimum absolute atomic E-state index is 0.191. The van der Waals surface area contributed by atoms with Crippen LogP contribution < -0.4 is 15.5 Å². The lowest BCUT2D eigenvalue weighted by molar-refractivity contribution is 0.316. The van der Waals surface area contributed by atoms with Gasteiger partial charge in [-0.2, -0.15) is 0 Å². The number of phenols is 1. The molecule has 2 bridgehead atoms. The number of piperazine rings is 1. The van der Waals surface area contributed by atoms with Gasteiger partial charge in [-0.3, -0.25) is 9.88 Å². The zero-order chi connectivity index (χ0) is 25.9. The predicted molar refractivity (Wildman–Crippen MR) is 153 cm³/mol. The minimum Gasteiger partial charge on any atom is -0.507 e. The van der Waals surface area contributed by atoms with Crippen molar-refractivity contribution in [2.75, 3.05) is 48.3 Å². The summed E-state index contributed by atoms with van der Waals surface area (Å²) >= 11 is 0. The Balaban J connectivity index is 1.16. The lowest BCUT2D eigenvalue weighted by Gasteiger charge is -2.43. The van der Waals surface area contributed by atoms with Crippen molar-refractivity contribution >= 4 is 23.3 Å². The topological polar surface area (TPSA) is 94.6 Å². The number of hydrogen-bond acceptors (Lipinski definition) is 8. The molecule has 38 heavy (non-hydrogen) atoms. The molecule has 1 aromatic carbocycles. The normalized spacial score (nSPS) is 22.2. The molecule has 0 saturated carbocycles. The van der Waals surface area contributed by atoms with Crippen molar-refractivity contribution < 1.29 is 5.11 Å². The van der Waals surface area contributed by atoms with Crippen molar-refractivity contribution in [3.8, 4) is 17.0 Å². The van der Waals surface area contributed by atoms with E-state index in [1.54, 1.807) is 12.1 Å². The van der Waals surface area contributed by atoms with E-state index in [1.165, 1.54) is 44.5 Å². The number of nitrogens with zero attached hydrogens (tertiary/aromatic N) is 6. The molecule has 3 fully saturated rings. The van der Waals surface area contributed by atoms with Gasteiger partial charge >= 0.3 is 0 Å². The number of benzene rings is 1. The summed E-state index contributed by atoms with van der Waals surface area (Å²) in [6.07, 6.45) is 14.0. The lowest BCUT2D eigenvalue weighted by atomic mass is 10.1. The van der Waals surface area contributed by atoms with Crippen LogP contribution in [0.15, 0.2) is 54.7 Å². The average Bonchev–Trinajstić information content (AvgIpc) is 3.09. The third kappa shape index (κ3) is 5.18. The van der Waals surface area contributed by atoms with Gasteiger partial charge in [-0.1, -0.05) is 31.1 Å². The van der Waals surface area contributed by atoms with Gasteiger partial charge in [0.25, 0.3) is 0 Å². The Morgan fingerprint density at radius 1 is 0.947 bits per heavy atom. The largest absolute Gasteiger partial charge is 0.507 e. The Bertz CT molecular complexity index is 1270. The Labute approximate surface area is 224 Å². The van der Waals surface area contributed by atoms with Gasteiger partial charge in [-0.05, 0) is 75.2 Å². The third-order valence-electron chi connectivity index (χ3n) is 8.22. The molecule has 0 radical (unpaired) electrons. The van der Waals surface area contributed by atoms with Gasteiger partial charge in [-0.25, -0.2) is 0 Å².